The normalized spacial score (nSPS) is 12.3. The zero-order valence-corrected chi connectivity index (χ0v) is 14.3. The lowest BCUT2D eigenvalue weighted by Gasteiger charge is -2.12. The zero-order chi connectivity index (χ0) is 17.0. The van der Waals surface area contributed by atoms with E-state index in [1.54, 1.807) is 24.0 Å². The van der Waals surface area contributed by atoms with Crippen molar-refractivity contribution >= 4 is 23.5 Å². The van der Waals surface area contributed by atoms with Gasteiger partial charge in [-0.3, -0.25) is 4.79 Å². The molecule has 0 saturated carbocycles. The number of nitrogens with zero attached hydrogens (tertiary/aromatic N) is 3. The van der Waals surface area contributed by atoms with E-state index in [0.717, 1.165) is 0 Å². The molecular formula is C16H19FN4OS. The van der Waals surface area contributed by atoms with Crippen LogP contribution in [-0.4, -0.2) is 20.2 Å². The van der Waals surface area contributed by atoms with Gasteiger partial charge in [0.15, 0.2) is 5.49 Å². The Balaban J connectivity index is 2.16. The SMILES string of the molecule is Cn1cc(C(=O)Nc2ccc(F)cc2)nc/c1=N\SC(C)(C)C. The van der Waals surface area contributed by atoms with Crippen LogP contribution in [0.4, 0.5) is 10.1 Å². The summed E-state index contributed by atoms with van der Waals surface area (Å²) in [4.78, 5) is 16.3. The molecule has 0 bridgehead atoms. The molecule has 0 radical (unpaired) electrons. The van der Waals surface area contributed by atoms with Crippen molar-refractivity contribution in [3.8, 4) is 0 Å². The Hall–Kier alpha value is -2.15. The molecule has 0 unspecified atom stereocenters. The Labute approximate surface area is 138 Å². The molecule has 5 nitrogen and oxygen atoms in total. The lowest BCUT2D eigenvalue weighted by Crippen LogP contribution is -2.23. The van der Waals surface area contributed by atoms with Crippen molar-refractivity contribution in [3.05, 3.63) is 53.7 Å². The minimum atomic E-state index is -0.359. The number of anilines is 1. The number of amides is 1. The molecule has 0 aliphatic rings. The Bertz CT molecular complexity index is 763. The highest BCUT2D eigenvalue weighted by molar-refractivity contribution is 7.99. The van der Waals surface area contributed by atoms with E-state index in [9.17, 15) is 9.18 Å². The molecule has 1 amide bonds. The first-order chi connectivity index (χ1) is 10.7. The van der Waals surface area contributed by atoms with Crippen LogP contribution in [0.25, 0.3) is 0 Å². The average molecular weight is 334 g/mol. The summed E-state index contributed by atoms with van der Waals surface area (Å²) in [6, 6.07) is 5.57. The van der Waals surface area contributed by atoms with Gasteiger partial charge in [0.25, 0.3) is 5.91 Å². The number of aryl methyl sites for hydroxylation is 1. The van der Waals surface area contributed by atoms with E-state index in [2.05, 4.69) is 35.5 Å². The molecule has 0 saturated heterocycles. The van der Waals surface area contributed by atoms with Crippen molar-refractivity contribution in [2.75, 3.05) is 5.32 Å². The van der Waals surface area contributed by atoms with Crippen molar-refractivity contribution in [2.24, 2.45) is 11.4 Å². The van der Waals surface area contributed by atoms with Crippen LogP contribution in [0, 0.1) is 5.82 Å². The molecule has 1 aromatic carbocycles. The summed E-state index contributed by atoms with van der Waals surface area (Å²) in [5.41, 5.74) is 1.44. The molecule has 1 heterocycles. The van der Waals surface area contributed by atoms with Gasteiger partial charge in [0, 0.05) is 23.7 Å². The third-order valence-corrected chi connectivity index (χ3v) is 3.57. The first-order valence-electron chi connectivity index (χ1n) is 7.06. The Morgan fingerprint density at radius 3 is 2.52 bits per heavy atom. The molecule has 0 atom stereocenters. The highest BCUT2D eigenvalue weighted by Gasteiger charge is 2.11. The standard InChI is InChI=1S/C16H19FN4OS/c1-16(2,3)23-20-14-9-18-13(10-21(14)4)15(22)19-12-7-5-11(17)6-8-12/h5-10H,1-4H3,(H,19,22)/b20-14+. The van der Waals surface area contributed by atoms with E-state index in [1.165, 1.54) is 36.2 Å². The Kier molecular flexibility index (Phi) is 5.20. The summed E-state index contributed by atoms with van der Waals surface area (Å²) in [7, 11) is 1.80. The molecule has 0 fully saturated rings. The van der Waals surface area contributed by atoms with E-state index in [0.29, 0.717) is 11.2 Å². The molecule has 0 aliphatic heterocycles. The summed E-state index contributed by atoms with van der Waals surface area (Å²) in [5.74, 6) is -0.711. The molecule has 0 aliphatic carbocycles. The number of rotatable bonds is 3. The lowest BCUT2D eigenvalue weighted by molar-refractivity contribution is 0.102. The molecule has 1 N–H and O–H groups in total. The third kappa shape index (κ3) is 5.21. The van der Waals surface area contributed by atoms with Crippen LogP contribution in [0.15, 0.2) is 41.1 Å². The summed E-state index contributed by atoms with van der Waals surface area (Å²) in [6.07, 6.45) is 3.17. The monoisotopic (exact) mass is 334 g/mol. The fourth-order valence-corrected chi connectivity index (χ4v) is 2.16. The molecule has 1 aromatic heterocycles. The van der Waals surface area contributed by atoms with E-state index < -0.39 is 0 Å². The summed E-state index contributed by atoms with van der Waals surface area (Å²) >= 11 is 1.45. The number of halogens is 1. The Morgan fingerprint density at radius 2 is 1.96 bits per heavy atom. The molecule has 7 heteroatoms. The van der Waals surface area contributed by atoms with Crippen molar-refractivity contribution in [1.29, 1.82) is 0 Å². The van der Waals surface area contributed by atoms with Crippen LogP contribution in [-0.2, 0) is 7.05 Å². The molecule has 23 heavy (non-hydrogen) atoms. The molecule has 2 aromatic rings. The van der Waals surface area contributed by atoms with E-state index >= 15 is 0 Å². The molecule has 2 rings (SSSR count). The number of benzene rings is 1. The van der Waals surface area contributed by atoms with Crippen LogP contribution >= 0.6 is 11.9 Å². The van der Waals surface area contributed by atoms with Crippen LogP contribution in [0.2, 0.25) is 0 Å². The minimum Gasteiger partial charge on any atom is -0.332 e. The number of aromatic nitrogens is 2. The van der Waals surface area contributed by atoms with Gasteiger partial charge in [-0.15, -0.1) is 0 Å². The average Bonchev–Trinajstić information content (AvgIpc) is 2.47. The van der Waals surface area contributed by atoms with Crippen LogP contribution < -0.4 is 10.8 Å². The third-order valence-electron chi connectivity index (χ3n) is 2.74. The number of hydrogen-bond acceptors (Lipinski definition) is 4. The van der Waals surface area contributed by atoms with Crippen LogP contribution in [0.5, 0.6) is 0 Å². The van der Waals surface area contributed by atoms with Crippen LogP contribution in [0.3, 0.4) is 0 Å². The molecule has 122 valence electrons. The number of carbonyl (C=O) groups excluding carboxylic acids is 1. The highest BCUT2D eigenvalue weighted by atomic mass is 32.2. The second-order valence-electron chi connectivity index (χ2n) is 6.00. The van der Waals surface area contributed by atoms with Gasteiger partial charge in [-0.2, -0.15) is 4.40 Å². The first-order valence-corrected chi connectivity index (χ1v) is 7.84. The second kappa shape index (κ2) is 6.95. The fraction of sp³-hybridized carbons (Fsp3) is 0.312. The maximum atomic E-state index is 12.9. The number of carbonyl (C=O) groups is 1. The van der Waals surface area contributed by atoms with Gasteiger partial charge in [-0.25, -0.2) is 9.37 Å². The van der Waals surface area contributed by atoms with E-state index in [-0.39, 0.29) is 22.2 Å². The predicted molar refractivity (Wildman–Crippen MR) is 90.5 cm³/mol. The fourth-order valence-electron chi connectivity index (χ4n) is 1.62. The summed E-state index contributed by atoms with van der Waals surface area (Å²) in [5, 5.41) is 2.67. The topological polar surface area (TPSA) is 59.3 Å². The maximum absolute atomic E-state index is 12.9. The number of nitrogens with one attached hydrogen (secondary N) is 1. The molecular weight excluding hydrogens is 315 g/mol. The van der Waals surface area contributed by atoms with Crippen molar-refractivity contribution < 1.29 is 9.18 Å². The lowest BCUT2D eigenvalue weighted by atomic mass is 10.3. The number of hydrogen-bond donors (Lipinski definition) is 1. The van der Waals surface area contributed by atoms with Gasteiger partial charge < -0.3 is 9.88 Å². The quantitative estimate of drug-likeness (QED) is 0.877. The van der Waals surface area contributed by atoms with E-state index in [1.807, 2.05) is 0 Å². The summed E-state index contributed by atoms with van der Waals surface area (Å²) < 4.78 is 19.0. The second-order valence-corrected chi connectivity index (χ2v) is 7.59. The van der Waals surface area contributed by atoms with Gasteiger partial charge >= 0.3 is 0 Å². The molecule has 0 spiro atoms. The Morgan fingerprint density at radius 1 is 1.30 bits per heavy atom. The summed E-state index contributed by atoms with van der Waals surface area (Å²) in [6.45, 7) is 6.21. The van der Waals surface area contributed by atoms with Crippen molar-refractivity contribution in [2.45, 2.75) is 25.5 Å². The zero-order valence-electron chi connectivity index (χ0n) is 13.5. The minimum absolute atomic E-state index is 0.00558. The van der Waals surface area contributed by atoms with Crippen LogP contribution in [0.1, 0.15) is 31.3 Å². The highest BCUT2D eigenvalue weighted by Crippen LogP contribution is 2.23. The smallest absolute Gasteiger partial charge is 0.275 e. The maximum Gasteiger partial charge on any atom is 0.275 e. The van der Waals surface area contributed by atoms with Gasteiger partial charge in [-0.05, 0) is 57.0 Å². The largest absolute Gasteiger partial charge is 0.332 e. The van der Waals surface area contributed by atoms with Crippen molar-refractivity contribution in [1.82, 2.24) is 9.55 Å². The first kappa shape index (κ1) is 17.2. The van der Waals surface area contributed by atoms with Gasteiger partial charge in [0.2, 0.25) is 0 Å². The van der Waals surface area contributed by atoms with Crippen molar-refractivity contribution in [3.63, 3.8) is 0 Å². The van der Waals surface area contributed by atoms with Gasteiger partial charge in [-0.1, -0.05) is 0 Å². The van der Waals surface area contributed by atoms with E-state index in [4.69, 9.17) is 0 Å². The van der Waals surface area contributed by atoms with Gasteiger partial charge in [0.1, 0.15) is 11.5 Å². The van der Waals surface area contributed by atoms with Gasteiger partial charge in [0.05, 0.1) is 6.20 Å². The predicted octanol–water partition coefficient (Wildman–Crippen LogP) is 3.16.